The zero-order chi connectivity index (χ0) is 22.7. The number of rotatable bonds is 6. The first-order chi connectivity index (χ1) is 15.4. The van der Waals surface area contributed by atoms with E-state index < -0.39 is 5.54 Å². The van der Waals surface area contributed by atoms with Crippen LogP contribution in [-0.4, -0.2) is 22.4 Å². The molecule has 0 bridgehead atoms. The van der Waals surface area contributed by atoms with Gasteiger partial charge >= 0.3 is 6.03 Å². The van der Waals surface area contributed by atoms with Gasteiger partial charge in [0, 0.05) is 5.56 Å². The maximum atomic E-state index is 13.4. The van der Waals surface area contributed by atoms with Gasteiger partial charge in [0.2, 0.25) is 0 Å². The maximum Gasteiger partial charge on any atom is 0.332 e. The van der Waals surface area contributed by atoms with E-state index in [-0.39, 0.29) is 24.9 Å². The second-order valence-electron chi connectivity index (χ2n) is 8.09. The fourth-order valence-electron chi connectivity index (χ4n) is 3.70. The van der Waals surface area contributed by atoms with E-state index in [9.17, 15) is 9.59 Å². The van der Waals surface area contributed by atoms with E-state index in [4.69, 9.17) is 10.00 Å². The van der Waals surface area contributed by atoms with Gasteiger partial charge in [-0.1, -0.05) is 48.5 Å². The Kier molecular flexibility index (Phi) is 5.65. The smallest absolute Gasteiger partial charge is 0.332 e. The number of hydrogen-bond acceptors (Lipinski definition) is 4. The lowest BCUT2D eigenvalue weighted by Crippen LogP contribution is -2.43. The predicted octanol–water partition coefficient (Wildman–Crippen LogP) is 5.29. The fraction of sp³-hybridized carbons (Fsp3) is 0.192. The summed E-state index contributed by atoms with van der Waals surface area (Å²) in [5.74, 6) is 1.04. The van der Waals surface area contributed by atoms with Crippen molar-refractivity contribution >= 4 is 17.6 Å². The van der Waals surface area contributed by atoms with Gasteiger partial charge in [-0.2, -0.15) is 5.26 Å². The molecular weight excluding hydrogens is 402 g/mol. The Labute approximate surface area is 187 Å². The molecule has 1 fully saturated rings. The Morgan fingerprint density at radius 1 is 0.906 bits per heavy atom. The molecule has 1 aliphatic rings. The fourth-order valence-corrected chi connectivity index (χ4v) is 3.70. The molecular formula is C26H23N3O3. The molecule has 0 aromatic heterocycles. The van der Waals surface area contributed by atoms with Crippen molar-refractivity contribution in [2.45, 2.75) is 32.4 Å². The van der Waals surface area contributed by atoms with Crippen molar-refractivity contribution in [2.24, 2.45) is 0 Å². The van der Waals surface area contributed by atoms with E-state index in [1.54, 1.807) is 43.0 Å². The SMILES string of the molecule is CC1(C)C(=O)N(c2ccc(CC#N)cc2)C(=O)N1Cc1ccccc1Oc1ccccc1. The molecule has 3 aromatic rings. The van der Waals surface area contributed by atoms with E-state index in [1.807, 2.05) is 54.6 Å². The third kappa shape index (κ3) is 3.93. The molecule has 3 aromatic carbocycles. The summed E-state index contributed by atoms with van der Waals surface area (Å²) in [6.07, 6.45) is 0.276. The van der Waals surface area contributed by atoms with Gasteiger partial charge in [0.15, 0.2) is 0 Å². The van der Waals surface area contributed by atoms with Crippen LogP contribution in [0, 0.1) is 11.3 Å². The Balaban J connectivity index is 1.61. The number of carbonyl (C=O) groups is 2. The maximum absolute atomic E-state index is 13.4. The molecule has 1 aliphatic heterocycles. The first-order valence-electron chi connectivity index (χ1n) is 10.3. The molecule has 1 saturated heterocycles. The lowest BCUT2D eigenvalue weighted by Gasteiger charge is -2.28. The standard InChI is InChI=1S/C26H23N3O3/c1-26(2)24(30)29(21-14-12-19(13-15-21)16-17-27)25(31)28(26)18-20-8-6-7-11-23(20)32-22-9-4-3-5-10-22/h3-15H,16,18H2,1-2H3. The van der Waals surface area contributed by atoms with Gasteiger partial charge < -0.3 is 9.64 Å². The van der Waals surface area contributed by atoms with Gasteiger partial charge in [0.05, 0.1) is 24.7 Å². The molecule has 6 heteroatoms. The number of ether oxygens (including phenoxy) is 1. The van der Waals surface area contributed by atoms with E-state index in [0.717, 1.165) is 11.1 Å². The number of benzene rings is 3. The first-order valence-corrected chi connectivity index (χ1v) is 10.3. The Morgan fingerprint density at radius 2 is 1.56 bits per heavy atom. The Bertz CT molecular complexity index is 1180. The molecule has 0 atom stereocenters. The van der Waals surface area contributed by atoms with Crippen LogP contribution in [0.3, 0.4) is 0 Å². The van der Waals surface area contributed by atoms with Crippen LogP contribution in [0.15, 0.2) is 78.9 Å². The van der Waals surface area contributed by atoms with Crippen LogP contribution in [0.2, 0.25) is 0 Å². The monoisotopic (exact) mass is 425 g/mol. The predicted molar refractivity (Wildman–Crippen MR) is 121 cm³/mol. The summed E-state index contributed by atoms with van der Waals surface area (Å²) in [6, 6.07) is 25.6. The average molecular weight is 425 g/mol. The van der Waals surface area contributed by atoms with E-state index in [0.29, 0.717) is 17.2 Å². The first kappa shape index (κ1) is 21.1. The van der Waals surface area contributed by atoms with Crippen molar-refractivity contribution in [2.75, 3.05) is 4.90 Å². The van der Waals surface area contributed by atoms with Gasteiger partial charge in [-0.15, -0.1) is 0 Å². The van der Waals surface area contributed by atoms with Crippen molar-refractivity contribution in [3.63, 3.8) is 0 Å². The van der Waals surface area contributed by atoms with Crippen molar-refractivity contribution < 1.29 is 14.3 Å². The Hall–Kier alpha value is -4.11. The molecule has 6 nitrogen and oxygen atoms in total. The quantitative estimate of drug-likeness (QED) is 0.503. The van der Waals surface area contributed by atoms with Crippen LogP contribution in [0.25, 0.3) is 0 Å². The van der Waals surface area contributed by atoms with Gasteiger partial charge in [-0.25, -0.2) is 9.69 Å². The summed E-state index contributed by atoms with van der Waals surface area (Å²) in [4.78, 5) is 29.3. The third-order valence-electron chi connectivity index (χ3n) is 5.57. The normalized spacial score (nSPS) is 15.0. The number of para-hydroxylation sites is 2. The Morgan fingerprint density at radius 3 is 2.25 bits per heavy atom. The van der Waals surface area contributed by atoms with Gasteiger partial charge in [-0.05, 0) is 49.7 Å². The summed E-state index contributed by atoms with van der Waals surface area (Å²) in [5, 5.41) is 8.86. The molecule has 0 radical (unpaired) electrons. The van der Waals surface area contributed by atoms with Gasteiger partial charge in [0.1, 0.15) is 17.0 Å². The van der Waals surface area contributed by atoms with E-state index in [1.165, 1.54) is 4.90 Å². The van der Waals surface area contributed by atoms with Crippen LogP contribution in [0.4, 0.5) is 10.5 Å². The van der Waals surface area contributed by atoms with Crippen LogP contribution in [0.1, 0.15) is 25.0 Å². The minimum absolute atomic E-state index is 0.226. The minimum atomic E-state index is -1.03. The van der Waals surface area contributed by atoms with Crippen LogP contribution in [0.5, 0.6) is 11.5 Å². The third-order valence-corrected chi connectivity index (χ3v) is 5.57. The lowest BCUT2D eigenvalue weighted by atomic mass is 10.0. The topological polar surface area (TPSA) is 73.6 Å². The van der Waals surface area contributed by atoms with Crippen molar-refractivity contribution in [1.82, 2.24) is 4.90 Å². The highest BCUT2D eigenvalue weighted by Crippen LogP contribution is 2.35. The largest absolute Gasteiger partial charge is 0.457 e. The molecule has 4 rings (SSSR count). The zero-order valence-corrected chi connectivity index (χ0v) is 18.0. The van der Waals surface area contributed by atoms with Crippen molar-refractivity contribution in [3.05, 3.63) is 90.0 Å². The van der Waals surface area contributed by atoms with E-state index in [2.05, 4.69) is 6.07 Å². The molecule has 0 unspecified atom stereocenters. The summed E-state index contributed by atoms with van der Waals surface area (Å²) < 4.78 is 6.03. The number of anilines is 1. The van der Waals surface area contributed by atoms with E-state index >= 15 is 0 Å². The van der Waals surface area contributed by atoms with Crippen LogP contribution < -0.4 is 9.64 Å². The number of imide groups is 1. The van der Waals surface area contributed by atoms with Crippen LogP contribution in [-0.2, 0) is 17.8 Å². The second-order valence-corrected chi connectivity index (χ2v) is 8.09. The number of urea groups is 1. The summed E-state index contributed by atoms with van der Waals surface area (Å²) >= 11 is 0. The van der Waals surface area contributed by atoms with Gasteiger partial charge in [0.25, 0.3) is 5.91 Å². The summed E-state index contributed by atoms with van der Waals surface area (Å²) in [7, 11) is 0. The molecule has 32 heavy (non-hydrogen) atoms. The molecule has 160 valence electrons. The molecule has 0 N–H and O–H groups in total. The lowest BCUT2D eigenvalue weighted by molar-refractivity contribution is -0.123. The number of nitrogens with zero attached hydrogens (tertiary/aromatic N) is 3. The highest BCUT2D eigenvalue weighted by atomic mass is 16.5. The summed E-state index contributed by atoms with van der Waals surface area (Å²) in [5.41, 5.74) is 1.10. The number of carbonyl (C=O) groups excluding carboxylic acids is 2. The van der Waals surface area contributed by atoms with Crippen molar-refractivity contribution in [3.8, 4) is 17.6 Å². The van der Waals surface area contributed by atoms with Gasteiger partial charge in [-0.3, -0.25) is 4.79 Å². The molecule has 0 spiro atoms. The summed E-state index contributed by atoms with van der Waals surface area (Å²) in [6.45, 7) is 3.72. The zero-order valence-electron chi connectivity index (χ0n) is 18.0. The number of nitriles is 1. The van der Waals surface area contributed by atoms with Crippen molar-refractivity contribution in [1.29, 1.82) is 5.26 Å². The molecule has 3 amide bonds. The van der Waals surface area contributed by atoms with Crippen LogP contribution >= 0.6 is 0 Å². The number of hydrogen-bond donors (Lipinski definition) is 0. The number of amides is 3. The minimum Gasteiger partial charge on any atom is -0.457 e. The highest BCUT2D eigenvalue weighted by molar-refractivity contribution is 6.22. The highest BCUT2D eigenvalue weighted by Gasteiger charge is 2.51. The second kappa shape index (κ2) is 8.56. The molecule has 0 saturated carbocycles. The molecule has 1 heterocycles. The molecule has 0 aliphatic carbocycles. The average Bonchev–Trinajstić information content (AvgIpc) is 2.96.